The maximum atomic E-state index is 11.1. The molecule has 2 unspecified atom stereocenters. The third kappa shape index (κ3) is 14.4. The van der Waals surface area contributed by atoms with Crippen molar-refractivity contribution >= 4 is 22.8 Å². The molecule has 0 spiro atoms. The predicted octanol–water partition coefficient (Wildman–Crippen LogP) is 2.00. The van der Waals surface area contributed by atoms with E-state index in [9.17, 15) is 14.7 Å². The minimum atomic E-state index is -0.277. The molecule has 7 heteroatoms. The van der Waals surface area contributed by atoms with Crippen LogP contribution < -0.4 is 5.11 Å². The van der Waals surface area contributed by atoms with Crippen LogP contribution in [0.4, 0.5) is 0 Å². The third-order valence-corrected chi connectivity index (χ3v) is 3.25. The van der Waals surface area contributed by atoms with E-state index >= 15 is 0 Å². The molecule has 1 saturated carbocycles. The normalized spacial score (nSPS) is 18.0. The van der Waals surface area contributed by atoms with Crippen molar-refractivity contribution in [3.05, 3.63) is 24.0 Å². The first kappa shape index (κ1) is 25.6. The summed E-state index contributed by atoms with van der Waals surface area (Å²) in [5, 5.41) is 12.2. The average molecular weight is 377 g/mol. The van der Waals surface area contributed by atoms with E-state index in [2.05, 4.69) is 11.3 Å². The van der Waals surface area contributed by atoms with Gasteiger partial charge in [-0.25, -0.2) is 0 Å². The number of ether oxygens (including phenoxy) is 3. The summed E-state index contributed by atoms with van der Waals surface area (Å²) in [7, 11) is 0.0533. The van der Waals surface area contributed by atoms with E-state index in [1.54, 1.807) is 32.3 Å². The van der Waals surface area contributed by atoms with Crippen LogP contribution >= 0.6 is 0 Å². The molecule has 1 aliphatic rings. The number of rotatable bonds is 7. The highest BCUT2D eigenvalue weighted by molar-refractivity contribution is 7.98. The second-order valence-electron chi connectivity index (χ2n) is 5.11. The lowest BCUT2D eigenvalue weighted by Gasteiger charge is -2.09. The van der Waals surface area contributed by atoms with Gasteiger partial charge in [-0.15, -0.1) is 6.58 Å². The summed E-state index contributed by atoms with van der Waals surface area (Å²) in [6.45, 7) is 11.7. The van der Waals surface area contributed by atoms with Gasteiger partial charge >= 0.3 is 11.9 Å². The molecular formula is C18H32O6S. The van der Waals surface area contributed by atoms with Gasteiger partial charge in [-0.3, -0.25) is 9.59 Å². The van der Waals surface area contributed by atoms with Crippen molar-refractivity contribution < 1.29 is 28.9 Å². The Morgan fingerprint density at radius 1 is 1.04 bits per heavy atom. The van der Waals surface area contributed by atoms with Crippen molar-refractivity contribution in [1.82, 2.24) is 0 Å². The lowest BCUT2D eigenvalue weighted by Crippen LogP contribution is -2.13. The van der Waals surface area contributed by atoms with E-state index in [4.69, 9.17) is 9.47 Å². The highest BCUT2D eigenvalue weighted by Crippen LogP contribution is 2.40. The van der Waals surface area contributed by atoms with Gasteiger partial charge in [0.05, 0.1) is 25.0 Å². The molecule has 0 aromatic carbocycles. The molecule has 0 saturated heterocycles. The van der Waals surface area contributed by atoms with Crippen molar-refractivity contribution in [2.45, 2.75) is 34.1 Å². The van der Waals surface area contributed by atoms with E-state index < -0.39 is 0 Å². The third-order valence-electron chi connectivity index (χ3n) is 2.59. The molecule has 1 rings (SSSR count). The standard InChI is InChI=1S/C9H14O4.C6H12O2S.C3H6/c1-3-12-8(10)6-5-7(6)9(11)13-4-2;1-4-8-6(7)5-9(2)3;1-3-2/h6-7H,3-5H2,1-2H3;5H,4H2,1-3H3;3H,1H2,2H3. The van der Waals surface area contributed by atoms with Crippen molar-refractivity contribution in [2.75, 3.05) is 32.3 Å². The van der Waals surface area contributed by atoms with Crippen LogP contribution in [0.5, 0.6) is 0 Å². The van der Waals surface area contributed by atoms with Gasteiger partial charge in [0.2, 0.25) is 0 Å². The summed E-state index contributed by atoms with van der Waals surface area (Å²) < 4.78 is 14.2. The number of hydrogen-bond acceptors (Lipinski definition) is 6. The summed E-state index contributed by atoms with van der Waals surface area (Å²) in [6, 6.07) is 0. The first-order valence-corrected chi connectivity index (χ1v) is 10.4. The number of allylic oxidation sites excluding steroid dienone is 1. The number of esters is 2. The van der Waals surface area contributed by atoms with Crippen molar-refractivity contribution in [1.29, 1.82) is 0 Å². The quantitative estimate of drug-likeness (QED) is 0.292. The fourth-order valence-electron chi connectivity index (χ4n) is 1.58. The SMILES string of the molecule is C=CC.CCOC(=O)C1CC1C(=O)OCC.CCOC([O-])=C[S+](C)C. The molecule has 1 fully saturated rings. The van der Waals surface area contributed by atoms with Crippen LogP contribution in [0.25, 0.3) is 0 Å². The van der Waals surface area contributed by atoms with E-state index in [-0.39, 0.29) is 40.6 Å². The minimum Gasteiger partial charge on any atom is -0.611 e. The Labute approximate surface area is 154 Å². The second kappa shape index (κ2) is 15.9. The Kier molecular flexibility index (Phi) is 16.3. The zero-order valence-corrected chi connectivity index (χ0v) is 17.0. The number of carbonyl (C=O) groups excluding carboxylic acids is 2. The summed E-state index contributed by atoms with van der Waals surface area (Å²) in [5.74, 6) is -1.26. The maximum Gasteiger partial charge on any atom is 0.309 e. The molecule has 0 N–H and O–H groups in total. The Morgan fingerprint density at radius 3 is 1.68 bits per heavy atom. The highest BCUT2D eigenvalue weighted by atomic mass is 32.2. The first-order chi connectivity index (χ1) is 11.8. The molecule has 0 bridgehead atoms. The summed E-state index contributed by atoms with van der Waals surface area (Å²) in [5.41, 5.74) is 0. The lowest BCUT2D eigenvalue weighted by molar-refractivity contribution is -0.356. The summed E-state index contributed by atoms with van der Waals surface area (Å²) >= 11 is 0. The van der Waals surface area contributed by atoms with Crippen LogP contribution in [-0.2, 0) is 34.7 Å². The zero-order chi connectivity index (χ0) is 19.8. The van der Waals surface area contributed by atoms with Crippen LogP contribution in [0, 0.1) is 11.8 Å². The Hall–Kier alpha value is -1.63. The second-order valence-corrected chi connectivity index (χ2v) is 7.11. The van der Waals surface area contributed by atoms with Gasteiger partial charge in [-0.1, -0.05) is 13.0 Å². The Morgan fingerprint density at radius 2 is 1.40 bits per heavy atom. The van der Waals surface area contributed by atoms with Crippen LogP contribution in [0.2, 0.25) is 0 Å². The van der Waals surface area contributed by atoms with Crippen molar-refractivity contribution in [3.8, 4) is 0 Å². The largest absolute Gasteiger partial charge is 0.611 e. The molecule has 0 heterocycles. The van der Waals surface area contributed by atoms with Gasteiger partial charge in [0.15, 0.2) is 0 Å². The van der Waals surface area contributed by atoms with Gasteiger partial charge < -0.3 is 19.3 Å². The van der Waals surface area contributed by atoms with E-state index in [0.717, 1.165) is 0 Å². The van der Waals surface area contributed by atoms with Crippen LogP contribution in [0.3, 0.4) is 0 Å². The molecule has 0 aromatic rings. The molecule has 25 heavy (non-hydrogen) atoms. The monoisotopic (exact) mass is 376 g/mol. The van der Waals surface area contributed by atoms with E-state index in [1.807, 2.05) is 19.4 Å². The average Bonchev–Trinajstić information content (AvgIpc) is 3.29. The van der Waals surface area contributed by atoms with Gasteiger partial charge in [-0.05, 0) is 33.8 Å². The predicted molar refractivity (Wildman–Crippen MR) is 99.7 cm³/mol. The van der Waals surface area contributed by atoms with Gasteiger partial charge in [0.25, 0.3) is 0 Å². The van der Waals surface area contributed by atoms with Crippen LogP contribution in [0.15, 0.2) is 24.0 Å². The van der Waals surface area contributed by atoms with Crippen molar-refractivity contribution in [2.24, 2.45) is 11.8 Å². The lowest BCUT2D eigenvalue weighted by atomic mass is 10.3. The topological polar surface area (TPSA) is 84.9 Å². The molecule has 146 valence electrons. The molecule has 0 aromatic heterocycles. The molecule has 0 amide bonds. The summed E-state index contributed by atoms with van der Waals surface area (Å²) in [4.78, 5) is 22.2. The smallest absolute Gasteiger partial charge is 0.309 e. The number of hydrogen-bond donors (Lipinski definition) is 0. The molecule has 1 aliphatic carbocycles. The van der Waals surface area contributed by atoms with E-state index in [0.29, 0.717) is 26.2 Å². The Balaban J connectivity index is 0. The fourth-order valence-corrected chi connectivity index (χ4v) is 2.04. The van der Waals surface area contributed by atoms with Crippen LogP contribution in [-0.4, -0.2) is 44.3 Å². The zero-order valence-electron chi connectivity index (χ0n) is 16.2. The molecule has 2 atom stereocenters. The van der Waals surface area contributed by atoms with Gasteiger partial charge in [-0.2, -0.15) is 0 Å². The molecule has 0 radical (unpaired) electrons. The molecule has 0 aliphatic heterocycles. The summed E-state index contributed by atoms with van der Waals surface area (Å²) in [6.07, 6.45) is 6.27. The maximum absolute atomic E-state index is 11.1. The Bertz CT molecular complexity index is 398. The fraction of sp³-hybridized carbons (Fsp3) is 0.667. The van der Waals surface area contributed by atoms with Gasteiger partial charge in [0, 0.05) is 10.9 Å². The van der Waals surface area contributed by atoms with Crippen molar-refractivity contribution in [3.63, 3.8) is 0 Å². The molecule has 6 nitrogen and oxygen atoms in total. The first-order valence-electron chi connectivity index (χ1n) is 8.27. The number of carbonyl (C=O) groups is 2. The molecular weight excluding hydrogens is 344 g/mol. The van der Waals surface area contributed by atoms with Gasteiger partial charge in [0.1, 0.15) is 23.9 Å². The minimum absolute atomic E-state index is 0.0533. The highest BCUT2D eigenvalue weighted by Gasteiger charge is 2.50. The van der Waals surface area contributed by atoms with E-state index in [1.165, 1.54) is 0 Å². The van der Waals surface area contributed by atoms with Crippen LogP contribution in [0.1, 0.15) is 34.1 Å².